The van der Waals surface area contributed by atoms with Crippen molar-refractivity contribution in [2.75, 3.05) is 5.32 Å². The van der Waals surface area contributed by atoms with Crippen LogP contribution in [0.4, 0.5) is 5.82 Å². The molecule has 1 aromatic heterocycles. The second kappa shape index (κ2) is 3.87. The van der Waals surface area contributed by atoms with Gasteiger partial charge in [-0.05, 0) is 19.1 Å². The number of hydrogen-bond donors (Lipinski definition) is 2. The Morgan fingerprint density at radius 2 is 2.07 bits per heavy atom. The van der Waals surface area contributed by atoms with Crippen molar-refractivity contribution in [1.29, 1.82) is 0 Å². The summed E-state index contributed by atoms with van der Waals surface area (Å²) in [6.45, 7) is 3.00. The predicted octanol–water partition coefficient (Wildman–Crippen LogP) is 1.05. The van der Waals surface area contributed by atoms with Gasteiger partial charge in [-0.1, -0.05) is 0 Å². The van der Waals surface area contributed by atoms with Crippen LogP contribution in [-0.2, 0) is 4.79 Å². The molecule has 0 saturated heterocycles. The minimum Gasteiger partial charge on any atom is -0.478 e. The molecule has 5 heteroatoms. The number of carbonyl (C=O) groups excluding carboxylic acids is 1. The molecule has 2 N–H and O–H groups in total. The second-order valence-electron chi connectivity index (χ2n) is 2.87. The van der Waals surface area contributed by atoms with E-state index in [1.165, 1.54) is 19.1 Å². The number of amides is 1. The van der Waals surface area contributed by atoms with E-state index >= 15 is 0 Å². The van der Waals surface area contributed by atoms with E-state index in [-0.39, 0.29) is 17.3 Å². The summed E-state index contributed by atoms with van der Waals surface area (Å²) < 4.78 is 0. The highest BCUT2D eigenvalue weighted by atomic mass is 16.4. The van der Waals surface area contributed by atoms with Crippen LogP contribution in [0.3, 0.4) is 0 Å². The van der Waals surface area contributed by atoms with E-state index < -0.39 is 5.97 Å². The Morgan fingerprint density at radius 1 is 1.43 bits per heavy atom. The largest absolute Gasteiger partial charge is 0.478 e. The van der Waals surface area contributed by atoms with E-state index in [1.807, 2.05) is 0 Å². The molecule has 5 nitrogen and oxygen atoms in total. The van der Waals surface area contributed by atoms with Crippen LogP contribution in [0.1, 0.15) is 23.0 Å². The molecule has 14 heavy (non-hydrogen) atoms. The zero-order valence-corrected chi connectivity index (χ0v) is 7.87. The third kappa shape index (κ3) is 2.55. The second-order valence-corrected chi connectivity index (χ2v) is 2.87. The minimum absolute atomic E-state index is 0.112. The predicted molar refractivity (Wildman–Crippen MR) is 50.2 cm³/mol. The lowest BCUT2D eigenvalue weighted by molar-refractivity contribution is -0.114. The molecule has 0 spiro atoms. The summed E-state index contributed by atoms with van der Waals surface area (Å²) in [5.74, 6) is -1.06. The summed E-state index contributed by atoms with van der Waals surface area (Å²) >= 11 is 0. The molecular weight excluding hydrogens is 184 g/mol. The molecule has 74 valence electrons. The van der Waals surface area contributed by atoms with Gasteiger partial charge in [-0.25, -0.2) is 9.78 Å². The van der Waals surface area contributed by atoms with Crippen LogP contribution >= 0.6 is 0 Å². The summed E-state index contributed by atoms with van der Waals surface area (Å²) in [4.78, 5) is 25.3. The van der Waals surface area contributed by atoms with E-state index in [4.69, 9.17) is 5.11 Å². The van der Waals surface area contributed by atoms with Crippen LogP contribution in [0.2, 0.25) is 0 Å². The molecule has 0 atom stereocenters. The number of aromatic nitrogens is 1. The Bertz CT molecular complexity index is 388. The molecule has 0 bridgehead atoms. The van der Waals surface area contributed by atoms with Crippen molar-refractivity contribution < 1.29 is 14.7 Å². The number of nitrogens with zero attached hydrogens (tertiary/aromatic N) is 1. The number of aromatic carboxylic acids is 1. The van der Waals surface area contributed by atoms with Gasteiger partial charge in [-0.3, -0.25) is 4.79 Å². The first-order valence-corrected chi connectivity index (χ1v) is 3.98. The first-order valence-electron chi connectivity index (χ1n) is 3.98. The maximum Gasteiger partial charge on any atom is 0.335 e. The fourth-order valence-corrected chi connectivity index (χ4v) is 1.04. The van der Waals surface area contributed by atoms with Gasteiger partial charge in [0.1, 0.15) is 5.82 Å². The summed E-state index contributed by atoms with van der Waals surface area (Å²) in [7, 11) is 0. The lowest BCUT2D eigenvalue weighted by Crippen LogP contribution is -2.09. The van der Waals surface area contributed by atoms with Crippen molar-refractivity contribution in [3.05, 3.63) is 23.4 Å². The van der Waals surface area contributed by atoms with Crippen molar-refractivity contribution >= 4 is 17.7 Å². The van der Waals surface area contributed by atoms with E-state index in [2.05, 4.69) is 10.3 Å². The Hall–Kier alpha value is -1.91. The number of hydrogen-bond acceptors (Lipinski definition) is 3. The number of aryl methyl sites for hydroxylation is 1. The lowest BCUT2D eigenvalue weighted by Gasteiger charge is -2.03. The van der Waals surface area contributed by atoms with E-state index in [0.29, 0.717) is 5.69 Å². The quantitative estimate of drug-likeness (QED) is 0.737. The Kier molecular flexibility index (Phi) is 2.81. The maximum absolute atomic E-state index is 10.7. The van der Waals surface area contributed by atoms with Crippen LogP contribution < -0.4 is 5.32 Å². The number of anilines is 1. The van der Waals surface area contributed by atoms with Gasteiger partial charge in [0.15, 0.2) is 0 Å². The van der Waals surface area contributed by atoms with Crippen LogP contribution in [0.25, 0.3) is 0 Å². The van der Waals surface area contributed by atoms with E-state index in [1.54, 1.807) is 6.92 Å². The first-order chi connectivity index (χ1) is 6.49. The van der Waals surface area contributed by atoms with Gasteiger partial charge in [0.2, 0.25) is 5.91 Å². The minimum atomic E-state index is -1.04. The monoisotopic (exact) mass is 194 g/mol. The SMILES string of the molecule is CC(=O)Nc1cc(C(=O)O)cc(C)n1. The molecule has 1 amide bonds. The molecule has 0 fully saturated rings. The molecule has 0 radical (unpaired) electrons. The summed E-state index contributed by atoms with van der Waals surface area (Å²) in [6, 6.07) is 2.75. The molecule has 0 aromatic carbocycles. The number of carboxylic acid groups (broad SMARTS) is 1. The standard InChI is InChI=1S/C9H10N2O3/c1-5-3-7(9(13)14)4-8(10-5)11-6(2)12/h3-4H,1-2H3,(H,13,14)(H,10,11,12). The van der Waals surface area contributed by atoms with Crippen molar-refractivity contribution in [2.24, 2.45) is 0 Å². The average Bonchev–Trinajstić information content (AvgIpc) is 2.01. The van der Waals surface area contributed by atoms with Gasteiger partial charge >= 0.3 is 5.97 Å². The third-order valence-electron chi connectivity index (χ3n) is 1.50. The number of nitrogens with one attached hydrogen (secondary N) is 1. The van der Waals surface area contributed by atoms with Crippen molar-refractivity contribution in [3.8, 4) is 0 Å². The van der Waals surface area contributed by atoms with Crippen LogP contribution in [-0.4, -0.2) is 22.0 Å². The molecular formula is C9H10N2O3. The van der Waals surface area contributed by atoms with Gasteiger partial charge in [0, 0.05) is 12.6 Å². The molecule has 1 rings (SSSR count). The zero-order valence-electron chi connectivity index (χ0n) is 7.87. The third-order valence-corrected chi connectivity index (χ3v) is 1.50. The Balaban J connectivity index is 3.07. The van der Waals surface area contributed by atoms with Crippen LogP contribution in [0.5, 0.6) is 0 Å². The molecule has 0 unspecified atom stereocenters. The summed E-state index contributed by atoms with van der Waals surface area (Å²) in [5.41, 5.74) is 0.662. The smallest absolute Gasteiger partial charge is 0.335 e. The van der Waals surface area contributed by atoms with E-state index in [0.717, 1.165) is 0 Å². The number of rotatable bonds is 2. The maximum atomic E-state index is 10.7. The lowest BCUT2D eigenvalue weighted by atomic mass is 10.2. The zero-order chi connectivity index (χ0) is 10.7. The fourth-order valence-electron chi connectivity index (χ4n) is 1.04. The van der Waals surface area contributed by atoms with Gasteiger partial charge in [-0.15, -0.1) is 0 Å². The molecule has 1 heterocycles. The van der Waals surface area contributed by atoms with Gasteiger partial charge in [0.25, 0.3) is 0 Å². The van der Waals surface area contributed by atoms with Crippen molar-refractivity contribution in [1.82, 2.24) is 4.98 Å². The molecule has 0 aliphatic carbocycles. The molecule has 0 aliphatic heterocycles. The van der Waals surface area contributed by atoms with Crippen molar-refractivity contribution in [3.63, 3.8) is 0 Å². The highest BCUT2D eigenvalue weighted by Gasteiger charge is 2.06. The summed E-state index contributed by atoms with van der Waals surface area (Å²) in [6.07, 6.45) is 0. The van der Waals surface area contributed by atoms with E-state index in [9.17, 15) is 9.59 Å². The topological polar surface area (TPSA) is 79.3 Å². The molecule has 1 aromatic rings. The van der Waals surface area contributed by atoms with Crippen LogP contribution in [0, 0.1) is 6.92 Å². The summed E-state index contributed by atoms with van der Waals surface area (Å²) in [5, 5.41) is 11.2. The Morgan fingerprint density at radius 3 is 2.57 bits per heavy atom. The van der Waals surface area contributed by atoms with Gasteiger partial charge in [-0.2, -0.15) is 0 Å². The molecule has 0 saturated carbocycles. The number of carbonyl (C=O) groups is 2. The number of pyridine rings is 1. The fraction of sp³-hybridized carbons (Fsp3) is 0.222. The first kappa shape index (κ1) is 10.2. The van der Waals surface area contributed by atoms with Crippen molar-refractivity contribution in [2.45, 2.75) is 13.8 Å². The highest BCUT2D eigenvalue weighted by molar-refractivity contribution is 5.91. The number of carboxylic acids is 1. The highest BCUT2D eigenvalue weighted by Crippen LogP contribution is 2.09. The molecule has 0 aliphatic rings. The van der Waals surface area contributed by atoms with Crippen LogP contribution in [0.15, 0.2) is 12.1 Å². The Labute approximate surface area is 80.8 Å². The average molecular weight is 194 g/mol. The van der Waals surface area contributed by atoms with Gasteiger partial charge in [0.05, 0.1) is 5.56 Å². The van der Waals surface area contributed by atoms with Gasteiger partial charge < -0.3 is 10.4 Å². The normalized spacial score (nSPS) is 9.57.